The Labute approximate surface area is 203 Å². The third-order valence-electron chi connectivity index (χ3n) is 7.05. The van der Waals surface area contributed by atoms with Gasteiger partial charge in [0.1, 0.15) is 11.7 Å². The quantitative estimate of drug-likeness (QED) is 0.505. The molecule has 0 radical (unpaired) electrons. The Morgan fingerprint density at radius 3 is 2.35 bits per heavy atom. The number of ether oxygens (including phenoxy) is 3. The summed E-state index contributed by atoms with van der Waals surface area (Å²) in [6.07, 6.45) is -1.67. The molecule has 0 aliphatic carbocycles. The van der Waals surface area contributed by atoms with Crippen molar-refractivity contribution >= 4 is 11.8 Å². The number of aliphatic hydroxyl groups excluding tert-OH is 2. The van der Waals surface area contributed by atoms with E-state index in [0.717, 1.165) is 0 Å². The van der Waals surface area contributed by atoms with Gasteiger partial charge in [0, 0.05) is 12.0 Å². The van der Waals surface area contributed by atoms with Gasteiger partial charge in [-0.15, -0.1) is 0 Å². The van der Waals surface area contributed by atoms with E-state index in [1.807, 2.05) is 32.8 Å². The number of cyclic esters (lactones) is 1. The van der Waals surface area contributed by atoms with Gasteiger partial charge in [-0.05, 0) is 72.7 Å². The number of hydrogen-bond acceptors (Lipinski definition) is 9. The molecule has 34 heavy (non-hydrogen) atoms. The molecule has 3 N–H and O–H groups in total. The second-order valence-corrected chi connectivity index (χ2v) is 10.6. The zero-order valence-corrected chi connectivity index (χ0v) is 21.7. The van der Waals surface area contributed by atoms with E-state index in [2.05, 4.69) is 0 Å². The van der Waals surface area contributed by atoms with Gasteiger partial charge in [0.25, 0.3) is 0 Å². The largest absolute Gasteiger partial charge is 0.456 e. The Hall–Kier alpha value is -1.36. The van der Waals surface area contributed by atoms with Crippen LogP contribution in [0.4, 0.5) is 0 Å². The van der Waals surface area contributed by atoms with Crippen molar-refractivity contribution in [1.29, 1.82) is 0 Å². The summed E-state index contributed by atoms with van der Waals surface area (Å²) >= 11 is 0. The van der Waals surface area contributed by atoms with Crippen molar-refractivity contribution in [3.63, 3.8) is 0 Å². The van der Waals surface area contributed by atoms with Crippen LogP contribution in [0.2, 0.25) is 0 Å². The van der Waals surface area contributed by atoms with Gasteiger partial charge in [-0.1, -0.05) is 13.8 Å². The third-order valence-corrected chi connectivity index (χ3v) is 7.05. The van der Waals surface area contributed by atoms with Crippen molar-refractivity contribution in [2.45, 2.75) is 103 Å². The zero-order valence-electron chi connectivity index (χ0n) is 21.7. The fourth-order valence-corrected chi connectivity index (χ4v) is 4.94. The SMILES string of the molecule is CC1CC(N(C)C)C(O)C(OC2C(C)CC(C)C(=O)C=CC(C)(O)C(C(C)O)OC(=O)C2C)O1. The standard InChI is InChI=1S/C25H43NO8/c1-13-11-14(2)21(33-24-20(29)18(26(7)8)12-15(3)32-24)16(4)23(30)34-22(17(5)27)25(6,31)10-9-19(13)28/h9-10,13-18,20-22,24,27,29,31H,11-12H2,1-8H3. The first-order valence-corrected chi connectivity index (χ1v) is 12.1. The molecule has 0 aromatic carbocycles. The van der Waals surface area contributed by atoms with Gasteiger partial charge in [-0.25, -0.2) is 0 Å². The highest BCUT2D eigenvalue weighted by molar-refractivity contribution is 5.91. The van der Waals surface area contributed by atoms with Gasteiger partial charge >= 0.3 is 5.97 Å². The number of likely N-dealkylation sites (N-methyl/N-ethyl adjacent to an activating group) is 1. The fourth-order valence-electron chi connectivity index (χ4n) is 4.94. The molecule has 2 aliphatic rings. The van der Waals surface area contributed by atoms with Crippen LogP contribution in [0.3, 0.4) is 0 Å². The van der Waals surface area contributed by atoms with Gasteiger partial charge in [0.15, 0.2) is 18.2 Å². The predicted octanol–water partition coefficient (Wildman–Crippen LogP) is 1.28. The molecule has 0 bridgehead atoms. The number of ketones is 1. The second kappa shape index (κ2) is 11.6. The van der Waals surface area contributed by atoms with Crippen molar-refractivity contribution in [2.24, 2.45) is 17.8 Å². The first kappa shape index (κ1) is 28.9. The van der Waals surface area contributed by atoms with Gasteiger partial charge in [-0.3, -0.25) is 9.59 Å². The van der Waals surface area contributed by atoms with E-state index in [9.17, 15) is 24.9 Å². The molecule has 11 unspecified atom stereocenters. The smallest absolute Gasteiger partial charge is 0.311 e. The highest BCUT2D eigenvalue weighted by Crippen LogP contribution is 2.32. The summed E-state index contributed by atoms with van der Waals surface area (Å²) in [6.45, 7) is 10.0. The fraction of sp³-hybridized carbons (Fsp3) is 0.840. The molecule has 2 aliphatic heterocycles. The van der Waals surface area contributed by atoms with E-state index in [1.165, 1.54) is 26.0 Å². The number of carbonyl (C=O) groups is 2. The van der Waals surface area contributed by atoms with Gasteiger partial charge in [-0.2, -0.15) is 0 Å². The predicted molar refractivity (Wildman–Crippen MR) is 126 cm³/mol. The number of nitrogens with zero attached hydrogens (tertiary/aromatic N) is 1. The molecule has 0 spiro atoms. The summed E-state index contributed by atoms with van der Waals surface area (Å²) in [5.74, 6) is -2.32. The average Bonchev–Trinajstić information content (AvgIpc) is 2.73. The molecule has 0 aromatic heterocycles. The molecular weight excluding hydrogens is 442 g/mol. The van der Waals surface area contributed by atoms with E-state index >= 15 is 0 Å². The van der Waals surface area contributed by atoms with Crippen LogP contribution in [-0.2, 0) is 23.8 Å². The summed E-state index contributed by atoms with van der Waals surface area (Å²) in [6, 6.07) is -0.182. The lowest BCUT2D eigenvalue weighted by Crippen LogP contribution is -2.56. The van der Waals surface area contributed by atoms with Crippen LogP contribution in [0.1, 0.15) is 54.4 Å². The molecule has 0 saturated carbocycles. The number of esters is 1. The number of aliphatic hydroxyl groups is 3. The first-order chi connectivity index (χ1) is 15.7. The lowest BCUT2D eigenvalue weighted by atomic mass is 9.83. The Morgan fingerprint density at radius 1 is 1.18 bits per heavy atom. The van der Waals surface area contributed by atoms with E-state index in [-0.39, 0.29) is 23.8 Å². The highest BCUT2D eigenvalue weighted by Gasteiger charge is 2.44. The van der Waals surface area contributed by atoms with Crippen LogP contribution in [0.15, 0.2) is 12.2 Å². The van der Waals surface area contributed by atoms with E-state index < -0.39 is 54.1 Å². The van der Waals surface area contributed by atoms with Crippen molar-refractivity contribution in [2.75, 3.05) is 14.1 Å². The van der Waals surface area contributed by atoms with Gasteiger partial charge < -0.3 is 34.4 Å². The van der Waals surface area contributed by atoms with Crippen LogP contribution in [0.5, 0.6) is 0 Å². The average molecular weight is 486 g/mol. The molecule has 9 nitrogen and oxygen atoms in total. The van der Waals surface area contributed by atoms with Crippen molar-refractivity contribution in [1.82, 2.24) is 4.90 Å². The van der Waals surface area contributed by atoms with Crippen LogP contribution >= 0.6 is 0 Å². The molecule has 11 atom stereocenters. The van der Waals surface area contributed by atoms with E-state index in [4.69, 9.17) is 14.2 Å². The maximum Gasteiger partial charge on any atom is 0.311 e. The number of carbonyl (C=O) groups excluding carboxylic acids is 2. The Morgan fingerprint density at radius 2 is 1.79 bits per heavy atom. The number of rotatable bonds is 4. The summed E-state index contributed by atoms with van der Waals surface area (Å²) in [7, 11) is 3.76. The molecule has 9 heteroatoms. The van der Waals surface area contributed by atoms with Crippen LogP contribution < -0.4 is 0 Å². The third kappa shape index (κ3) is 6.86. The molecule has 0 aromatic rings. The van der Waals surface area contributed by atoms with E-state index in [0.29, 0.717) is 12.8 Å². The monoisotopic (exact) mass is 485 g/mol. The maximum atomic E-state index is 13.2. The van der Waals surface area contributed by atoms with Gasteiger partial charge in [0.2, 0.25) is 0 Å². The summed E-state index contributed by atoms with van der Waals surface area (Å²) in [4.78, 5) is 27.8. The molecular formula is C25H43NO8. The van der Waals surface area contributed by atoms with Crippen molar-refractivity contribution < 1.29 is 39.1 Å². The summed E-state index contributed by atoms with van der Waals surface area (Å²) in [5.41, 5.74) is -1.75. The minimum atomic E-state index is -1.75. The molecule has 2 rings (SSSR count). The lowest BCUT2D eigenvalue weighted by molar-refractivity contribution is -0.279. The van der Waals surface area contributed by atoms with Crippen LogP contribution in [0, 0.1) is 17.8 Å². The second-order valence-electron chi connectivity index (χ2n) is 10.6. The molecule has 196 valence electrons. The number of hydrogen-bond donors (Lipinski definition) is 3. The lowest BCUT2D eigenvalue weighted by Gasteiger charge is -2.43. The molecule has 2 heterocycles. The first-order valence-electron chi connectivity index (χ1n) is 12.1. The molecule has 1 fully saturated rings. The molecule has 0 amide bonds. The van der Waals surface area contributed by atoms with Crippen molar-refractivity contribution in [3.05, 3.63) is 12.2 Å². The Bertz CT molecular complexity index is 736. The Kier molecular flexibility index (Phi) is 9.84. The van der Waals surface area contributed by atoms with Gasteiger partial charge in [0.05, 0.1) is 24.2 Å². The van der Waals surface area contributed by atoms with E-state index in [1.54, 1.807) is 13.8 Å². The normalized spacial score (nSPS) is 43.7. The minimum Gasteiger partial charge on any atom is -0.456 e. The topological polar surface area (TPSA) is 126 Å². The van der Waals surface area contributed by atoms with Crippen molar-refractivity contribution in [3.8, 4) is 0 Å². The molecule has 1 saturated heterocycles. The zero-order chi connectivity index (χ0) is 26.0. The maximum absolute atomic E-state index is 13.2. The van der Waals surface area contributed by atoms with Crippen LogP contribution in [0.25, 0.3) is 0 Å². The van der Waals surface area contributed by atoms with Crippen LogP contribution in [-0.4, -0.2) is 94.5 Å². The summed E-state index contributed by atoms with van der Waals surface area (Å²) in [5, 5.41) is 32.0. The minimum absolute atomic E-state index is 0.162. The Balaban J connectivity index is 2.40. The number of allylic oxidation sites excluding steroid dienone is 1. The highest BCUT2D eigenvalue weighted by atomic mass is 16.7. The summed E-state index contributed by atoms with van der Waals surface area (Å²) < 4.78 is 17.7.